The number of carbonyl (C=O) groups is 2. The van der Waals surface area contributed by atoms with Gasteiger partial charge in [0.05, 0.1) is 46.2 Å². The minimum Gasteiger partial charge on any atom is -0.444 e. The molecule has 15 N–H and O–H groups in total. The highest BCUT2D eigenvalue weighted by molar-refractivity contribution is 9.09. The molecular formula is C69H84BrCl8N21O4S. The van der Waals surface area contributed by atoms with Crippen molar-refractivity contribution in [2.45, 2.75) is 139 Å². The van der Waals surface area contributed by atoms with Crippen LogP contribution in [0.2, 0.25) is 41.0 Å². The highest BCUT2D eigenvalue weighted by Gasteiger charge is 2.39. The second-order valence-electron chi connectivity index (χ2n) is 27.8. The molecule has 1 aromatic carbocycles. The van der Waals surface area contributed by atoms with Gasteiger partial charge in [-0.15, -0.1) is 0 Å². The predicted molar refractivity (Wildman–Crippen MR) is 427 cm³/mol. The molecule has 4 fully saturated rings. The molecule has 0 spiro atoms. The van der Waals surface area contributed by atoms with Crippen molar-refractivity contribution < 1.29 is 19.1 Å². The van der Waals surface area contributed by atoms with Crippen molar-refractivity contribution in [1.29, 1.82) is 0 Å². The summed E-state index contributed by atoms with van der Waals surface area (Å²) in [6.45, 7) is 19.2. The van der Waals surface area contributed by atoms with Crippen molar-refractivity contribution in [2.24, 2.45) is 5.73 Å². The van der Waals surface area contributed by atoms with Crippen LogP contribution in [-0.2, 0) is 48.1 Å². The van der Waals surface area contributed by atoms with Crippen LogP contribution in [0.4, 0.5) is 50.2 Å². The van der Waals surface area contributed by atoms with E-state index in [1.807, 2.05) is 102 Å². The first-order valence-electron chi connectivity index (χ1n) is 33.6. The molecule has 104 heavy (non-hydrogen) atoms. The average molecular weight is 1670 g/mol. The first-order valence-corrected chi connectivity index (χ1v) is 37.9. The number of ether oxygens (including phenoxy) is 2. The minimum absolute atomic E-state index is 0.136. The number of nitrogen functional groups attached to an aromatic ring is 2. The summed E-state index contributed by atoms with van der Waals surface area (Å²) < 4.78 is 10.3. The zero-order chi connectivity index (χ0) is 74.7. The second-order valence-corrected chi connectivity index (χ2v) is 32.6. The number of alkyl halides is 1. The number of fused-ring (bicyclic) bond motifs is 5. The second kappa shape index (κ2) is 36.2. The number of nitrogens with zero attached hydrogens (tertiary/aromatic N) is 9. The Bertz CT molecular complexity index is 4150. The Balaban J connectivity index is 0.000000134. The molecule has 4 saturated heterocycles. The lowest BCUT2D eigenvalue weighted by atomic mass is 10.1. The number of aromatic nitrogens is 6. The largest absolute Gasteiger partial charge is 0.444 e. The van der Waals surface area contributed by atoms with Gasteiger partial charge < -0.3 is 74.5 Å². The van der Waals surface area contributed by atoms with E-state index in [0.717, 1.165) is 136 Å². The van der Waals surface area contributed by atoms with Gasteiger partial charge in [0.15, 0.2) is 0 Å². The summed E-state index contributed by atoms with van der Waals surface area (Å²) in [4.78, 5) is 55.7. The van der Waals surface area contributed by atoms with Gasteiger partial charge in [-0.05, 0) is 130 Å². The summed E-state index contributed by atoms with van der Waals surface area (Å²) in [6, 6.07) is 29.2. The molecule has 0 radical (unpaired) electrons. The zero-order valence-electron chi connectivity index (χ0n) is 57.9. The monoisotopic (exact) mass is 1660 g/mol. The Kier molecular flexibility index (Phi) is 28.0. The first kappa shape index (κ1) is 80.5. The molecule has 7 aromatic rings. The van der Waals surface area contributed by atoms with Gasteiger partial charge in [-0.25, -0.2) is 39.5 Å². The molecule has 4 unspecified atom stereocenters. The standard InChI is InChI=1S/C17H17Cl3N4.C15H21ClN4O2.C10H13ClN4.C8H16N2O2.C7H6BrClN2.C7H5ClN2S.C5H6ClN3/c18-12-3-10(4-13(19)6-12)7-21-14-8-24(9-14)16-5-11-1-2-15(20)22-17(11)23-16;1-15(2,3)22-14(21)17-10-7-20(8-10)12-6-9-4-5-11(16)18-13(9)19-12;11-8-2-1-6-3-9(14-10(6)13-8)15-4-7(12)5-15;1-8(2,3)12-7(11)10-6-4-9-5-6;8-5-3-4-1-2-6(9)11-7(4)10-5;8-5-2-1-4-3-6(11)10-7(4)9-5;6-4-2-1-3(7)5(8)9-4/h1-4,6,14,16,21H,5,7-9H2,(H,22,23);4-5,10,12H,6-8H2,1-3H3,(H,17,21)(H,18,19);1-2,7,9H,3-5,12H2,(H,13,14);6,9H,4-5H2,1-3H3,(H,10,11);1-2,5H,3H2,(H,10,11);1-2H,3H2,(H,9,10,11);1-2H,7H2,(H2,8,9). The summed E-state index contributed by atoms with van der Waals surface area (Å²) in [5, 5.41) is 32.9. The summed E-state index contributed by atoms with van der Waals surface area (Å²) in [7, 11) is 0. The third-order valence-corrected chi connectivity index (χ3v) is 19.4. The van der Waals surface area contributed by atoms with Crippen LogP contribution in [0.25, 0.3) is 0 Å². The number of hydrogen-bond donors (Lipinski definition) is 12. The van der Waals surface area contributed by atoms with Crippen molar-refractivity contribution >= 4 is 179 Å². The molecule has 9 aliphatic rings. The van der Waals surface area contributed by atoms with Crippen LogP contribution in [0, 0.1) is 0 Å². The van der Waals surface area contributed by atoms with E-state index in [4.69, 9.17) is 132 Å². The van der Waals surface area contributed by atoms with E-state index in [2.05, 4.69) is 114 Å². The van der Waals surface area contributed by atoms with Crippen LogP contribution in [-0.4, -0.2) is 173 Å². The van der Waals surface area contributed by atoms with E-state index in [1.165, 1.54) is 22.3 Å². The summed E-state index contributed by atoms with van der Waals surface area (Å²) in [5.41, 5.74) is 23.1. The van der Waals surface area contributed by atoms with Crippen LogP contribution in [0.1, 0.15) is 74.9 Å². The van der Waals surface area contributed by atoms with Crippen molar-refractivity contribution in [2.75, 3.05) is 90.4 Å². The highest BCUT2D eigenvalue weighted by atomic mass is 79.9. The number of nitrogens with two attached hydrogens (primary N) is 3. The lowest BCUT2D eigenvalue weighted by molar-refractivity contribution is 0.0352. The Morgan fingerprint density at radius 1 is 0.519 bits per heavy atom. The number of anilines is 7. The van der Waals surface area contributed by atoms with Crippen LogP contribution in [0.5, 0.6) is 0 Å². The van der Waals surface area contributed by atoms with Gasteiger partial charge >= 0.3 is 12.2 Å². The Labute approximate surface area is 659 Å². The molecule has 0 saturated carbocycles. The molecule has 9 aliphatic heterocycles. The third-order valence-electron chi connectivity index (χ3n) is 16.9. The number of carbonyl (C=O) groups excluding carboxylic acids is 2. The third kappa shape index (κ3) is 24.2. The van der Waals surface area contributed by atoms with Crippen LogP contribution >= 0.6 is 121 Å². The average Bonchev–Trinajstić information content (AvgIpc) is 1.64. The number of rotatable bonds is 8. The van der Waals surface area contributed by atoms with E-state index in [0.29, 0.717) is 76.0 Å². The molecule has 16 rings (SSSR count). The molecule has 6 aromatic heterocycles. The lowest BCUT2D eigenvalue weighted by Crippen LogP contribution is -2.63. The Morgan fingerprint density at radius 2 is 0.904 bits per heavy atom. The van der Waals surface area contributed by atoms with E-state index in [-0.39, 0.29) is 36.3 Å². The maximum Gasteiger partial charge on any atom is 0.407 e. The Hall–Kier alpha value is -6.09. The smallest absolute Gasteiger partial charge is 0.407 e. The highest BCUT2D eigenvalue weighted by Crippen LogP contribution is 2.34. The predicted octanol–water partition coefficient (Wildman–Crippen LogP) is 12.6. The van der Waals surface area contributed by atoms with Crippen LogP contribution in [0.15, 0.2) is 91.0 Å². The topological polar surface area (TPSA) is 326 Å². The van der Waals surface area contributed by atoms with Gasteiger partial charge in [-0.3, -0.25) is 14.7 Å². The van der Waals surface area contributed by atoms with Crippen molar-refractivity contribution in [1.82, 2.24) is 65.9 Å². The maximum atomic E-state index is 11.7. The first-order chi connectivity index (χ1) is 49.3. The summed E-state index contributed by atoms with van der Waals surface area (Å²) in [6.07, 6.45) is 4.82. The van der Waals surface area contributed by atoms with Crippen molar-refractivity contribution in [3.63, 3.8) is 0 Å². The minimum atomic E-state index is -0.465. The number of halogens is 9. The summed E-state index contributed by atoms with van der Waals surface area (Å²) in [5.74, 6) is 4.69. The van der Waals surface area contributed by atoms with E-state index in [9.17, 15) is 9.59 Å². The number of amides is 2. The number of pyridine rings is 6. The van der Waals surface area contributed by atoms with E-state index < -0.39 is 11.2 Å². The normalized spacial score (nSPS) is 19.8. The van der Waals surface area contributed by atoms with Gasteiger partial charge in [0, 0.05) is 119 Å². The fourth-order valence-electron chi connectivity index (χ4n) is 11.7. The van der Waals surface area contributed by atoms with Crippen LogP contribution < -0.4 is 65.1 Å². The van der Waals surface area contributed by atoms with Gasteiger partial charge in [0.2, 0.25) is 0 Å². The fourth-order valence-corrected chi connectivity index (χ4v) is 14.0. The molecular weight excluding hydrogens is 1580 g/mol. The van der Waals surface area contributed by atoms with Crippen molar-refractivity contribution in [3.8, 4) is 0 Å². The molecule has 25 nitrogen and oxygen atoms in total. The zero-order valence-corrected chi connectivity index (χ0v) is 66.3. The number of hydrogen-bond acceptors (Lipinski definition) is 23. The van der Waals surface area contributed by atoms with E-state index in [1.54, 1.807) is 24.3 Å². The number of likely N-dealkylation sites (tertiary alicyclic amines) is 3. The summed E-state index contributed by atoms with van der Waals surface area (Å²) >= 11 is 55.0. The van der Waals surface area contributed by atoms with E-state index >= 15 is 0 Å². The van der Waals surface area contributed by atoms with Gasteiger partial charge in [0.1, 0.15) is 77.0 Å². The Morgan fingerprint density at radius 3 is 1.32 bits per heavy atom. The van der Waals surface area contributed by atoms with Gasteiger partial charge in [-0.1, -0.05) is 151 Å². The quantitative estimate of drug-likeness (QED) is 0.0291. The molecule has 4 atom stereocenters. The fraction of sp³-hybridized carbons (Fsp3) is 0.435. The number of nitrogens with one attached hydrogen (secondary N) is 9. The van der Waals surface area contributed by atoms with Crippen molar-refractivity contribution in [3.05, 3.63) is 165 Å². The van der Waals surface area contributed by atoms with Crippen LogP contribution in [0.3, 0.4) is 0 Å². The molecule has 558 valence electrons. The molecule has 35 heteroatoms. The molecule has 15 heterocycles. The number of thiocarbonyl (C=S) groups is 1. The maximum absolute atomic E-state index is 11.7. The lowest BCUT2D eigenvalue weighted by Gasteiger charge is -2.43. The van der Waals surface area contributed by atoms with Gasteiger partial charge in [-0.2, -0.15) is 0 Å². The molecule has 2 amide bonds. The number of alkyl carbamates (subject to hydrolysis) is 2. The SMILES string of the molecule is CC(C)(C)OC(=O)NC1CN(C2Cc3ccc(Cl)nc3N2)C1.CC(C)(C)OC(=O)NC1CNC1.Clc1cc(Cl)cc(CNC2CN(C3Cc4ccc(Cl)nc4N3)C2)c1.Clc1ccc2c(n1)NC(Br)C2.NC1CN(C2Cc3ccc(Cl)nc3N2)C1.Nc1ccc(Cl)nc1N.S=C1Cc2ccc(Cl)nc2N1. The van der Waals surface area contributed by atoms with Gasteiger partial charge in [0.25, 0.3) is 0 Å². The molecule has 0 bridgehead atoms. The number of benzene rings is 1. The molecule has 0 aliphatic carbocycles.